The molecule has 0 aliphatic carbocycles. The fraction of sp³-hybridized carbons (Fsp3) is 0.167. The maximum Gasteiger partial charge on any atom is 0.418 e. The maximum absolute atomic E-state index is 13.6. The molecule has 0 bridgehead atoms. The van der Waals surface area contributed by atoms with Crippen molar-refractivity contribution in [3.63, 3.8) is 0 Å². The second-order valence-corrected chi connectivity index (χ2v) is 5.70. The Balaban J connectivity index is 2.29. The number of ether oxygens (including phenoxy) is 1. The van der Waals surface area contributed by atoms with E-state index >= 15 is 0 Å². The molecule has 0 N–H and O–H groups in total. The van der Waals surface area contributed by atoms with Crippen LogP contribution in [0.5, 0.6) is 0 Å². The van der Waals surface area contributed by atoms with Gasteiger partial charge in [0.15, 0.2) is 10.8 Å². The van der Waals surface area contributed by atoms with E-state index in [1.807, 2.05) is 0 Å². The Morgan fingerprint density at radius 3 is 2.42 bits per heavy atom. The Labute approximate surface area is 151 Å². The van der Waals surface area contributed by atoms with Crippen LogP contribution >= 0.6 is 11.6 Å². The summed E-state index contributed by atoms with van der Waals surface area (Å²) in [5, 5.41) is -0.311. The predicted octanol–water partition coefficient (Wildman–Crippen LogP) is 5.15. The number of hydrogen-bond donors (Lipinski definition) is 0. The molecule has 0 saturated heterocycles. The minimum Gasteiger partial charge on any atom is -0.461 e. The smallest absolute Gasteiger partial charge is 0.418 e. The number of hydrogen-bond acceptors (Lipinski definition) is 4. The first-order valence-corrected chi connectivity index (χ1v) is 8.00. The van der Waals surface area contributed by atoms with Gasteiger partial charge in [0, 0.05) is 0 Å². The van der Waals surface area contributed by atoms with E-state index in [0.717, 1.165) is 6.07 Å². The van der Waals surface area contributed by atoms with Gasteiger partial charge in [-0.2, -0.15) is 13.2 Å². The number of alkyl halides is 3. The molecule has 4 nitrogen and oxygen atoms in total. The lowest BCUT2D eigenvalue weighted by molar-refractivity contribution is -0.136. The topological polar surface area (TPSA) is 52.1 Å². The van der Waals surface area contributed by atoms with E-state index in [4.69, 9.17) is 16.3 Å². The van der Waals surface area contributed by atoms with Gasteiger partial charge in [-0.15, -0.1) is 0 Å². The van der Waals surface area contributed by atoms with Gasteiger partial charge in [0.05, 0.1) is 17.7 Å². The van der Waals surface area contributed by atoms with Crippen LogP contribution in [0.4, 0.5) is 13.2 Å². The zero-order valence-electron chi connectivity index (χ0n) is 13.5. The average molecular weight is 381 g/mol. The number of benzene rings is 2. The van der Waals surface area contributed by atoms with Crippen LogP contribution in [0, 0.1) is 0 Å². The van der Waals surface area contributed by atoms with Gasteiger partial charge in [-0.3, -0.25) is 0 Å². The Hall–Kier alpha value is -2.67. The second-order valence-electron chi connectivity index (χ2n) is 5.34. The molecule has 2 aromatic carbocycles. The van der Waals surface area contributed by atoms with E-state index < -0.39 is 28.9 Å². The summed E-state index contributed by atoms with van der Waals surface area (Å²) in [7, 11) is 0. The molecule has 0 amide bonds. The standard InChI is InChI=1S/C18H12ClF3N2O2/c1-2-26-17(25)15-16(19)23-13-9-11(10-6-4-3-5-7-10)8-12(14(13)24-15)18(20,21)22/h3-9H,2H2,1H3. The van der Waals surface area contributed by atoms with Gasteiger partial charge in [-0.1, -0.05) is 41.9 Å². The van der Waals surface area contributed by atoms with Crippen molar-refractivity contribution in [3.05, 3.63) is 58.9 Å². The summed E-state index contributed by atoms with van der Waals surface area (Å²) in [4.78, 5) is 19.6. The van der Waals surface area contributed by atoms with Crippen LogP contribution < -0.4 is 0 Å². The van der Waals surface area contributed by atoms with Crippen molar-refractivity contribution in [2.75, 3.05) is 6.61 Å². The molecular formula is C18H12ClF3N2O2. The summed E-state index contributed by atoms with van der Waals surface area (Å²) in [5.74, 6) is -0.924. The molecule has 0 radical (unpaired) electrons. The molecule has 0 spiro atoms. The molecule has 0 aliphatic rings. The van der Waals surface area contributed by atoms with E-state index in [-0.39, 0.29) is 17.3 Å². The zero-order valence-corrected chi connectivity index (χ0v) is 14.2. The van der Waals surface area contributed by atoms with Crippen molar-refractivity contribution in [1.29, 1.82) is 0 Å². The van der Waals surface area contributed by atoms with Gasteiger partial charge < -0.3 is 4.74 Å². The molecule has 3 aromatic rings. The zero-order chi connectivity index (χ0) is 18.9. The van der Waals surface area contributed by atoms with E-state index in [1.165, 1.54) is 6.07 Å². The monoisotopic (exact) mass is 380 g/mol. The molecule has 0 unspecified atom stereocenters. The molecule has 1 aromatic heterocycles. The third-order valence-corrected chi connectivity index (χ3v) is 3.87. The molecule has 0 fully saturated rings. The molecule has 1 heterocycles. The third kappa shape index (κ3) is 3.48. The molecule has 134 valence electrons. The van der Waals surface area contributed by atoms with E-state index in [9.17, 15) is 18.0 Å². The molecule has 0 aliphatic heterocycles. The lowest BCUT2D eigenvalue weighted by Gasteiger charge is -2.13. The Morgan fingerprint density at radius 1 is 1.12 bits per heavy atom. The third-order valence-electron chi connectivity index (χ3n) is 3.61. The number of halogens is 4. The number of carbonyl (C=O) groups is 1. The van der Waals surface area contributed by atoms with Crippen molar-refractivity contribution >= 4 is 28.6 Å². The summed E-state index contributed by atoms with van der Waals surface area (Å²) in [6, 6.07) is 11.0. The van der Waals surface area contributed by atoms with E-state index in [1.54, 1.807) is 37.3 Å². The highest BCUT2D eigenvalue weighted by Gasteiger charge is 2.35. The fourth-order valence-corrected chi connectivity index (χ4v) is 2.69. The normalized spacial score (nSPS) is 11.6. The average Bonchev–Trinajstić information content (AvgIpc) is 2.60. The summed E-state index contributed by atoms with van der Waals surface area (Å²) < 4.78 is 45.5. The van der Waals surface area contributed by atoms with Crippen LogP contribution in [0.2, 0.25) is 5.15 Å². The maximum atomic E-state index is 13.6. The van der Waals surface area contributed by atoms with Crippen molar-refractivity contribution in [2.24, 2.45) is 0 Å². The fourth-order valence-electron chi connectivity index (χ4n) is 2.48. The van der Waals surface area contributed by atoms with Crippen LogP contribution in [-0.2, 0) is 10.9 Å². The number of rotatable bonds is 3. The molecule has 0 saturated carbocycles. The van der Waals surface area contributed by atoms with Crippen LogP contribution in [0.3, 0.4) is 0 Å². The van der Waals surface area contributed by atoms with Gasteiger partial charge in [0.2, 0.25) is 0 Å². The highest BCUT2D eigenvalue weighted by atomic mass is 35.5. The lowest BCUT2D eigenvalue weighted by atomic mass is 10.0. The lowest BCUT2D eigenvalue weighted by Crippen LogP contribution is -2.12. The Bertz CT molecular complexity index is 976. The molecule has 0 atom stereocenters. The minimum absolute atomic E-state index is 0.0357. The quantitative estimate of drug-likeness (QED) is 0.590. The Morgan fingerprint density at radius 2 is 1.81 bits per heavy atom. The summed E-state index contributed by atoms with van der Waals surface area (Å²) >= 11 is 5.94. The molecule has 8 heteroatoms. The summed E-state index contributed by atoms with van der Waals surface area (Å²) in [6.07, 6.45) is -4.68. The highest BCUT2D eigenvalue weighted by Crippen LogP contribution is 2.37. The SMILES string of the molecule is CCOC(=O)c1nc2c(C(F)(F)F)cc(-c3ccccc3)cc2nc1Cl. The van der Waals surface area contributed by atoms with Crippen molar-refractivity contribution < 1.29 is 22.7 Å². The number of nitrogens with zero attached hydrogens (tertiary/aromatic N) is 2. The van der Waals surface area contributed by atoms with Gasteiger partial charge in [-0.25, -0.2) is 14.8 Å². The first-order chi connectivity index (χ1) is 12.3. The van der Waals surface area contributed by atoms with E-state index in [0.29, 0.717) is 11.1 Å². The summed E-state index contributed by atoms with van der Waals surface area (Å²) in [5.41, 5.74) is -1.05. The van der Waals surface area contributed by atoms with Crippen LogP contribution in [0.15, 0.2) is 42.5 Å². The second kappa shape index (κ2) is 6.92. The van der Waals surface area contributed by atoms with Crippen molar-refractivity contribution in [1.82, 2.24) is 9.97 Å². The Kier molecular flexibility index (Phi) is 4.82. The van der Waals surface area contributed by atoms with Gasteiger partial charge >= 0.3 is 12.1 Å². The van der Waals surface area contributed by atoms with E-state index in [2.05, 4.69) is 9.97 Å². The van der Waals surface area contributed by atoms with Crippen LogP contribution in [0.25, 0.3) is 22.2 Å². The van der Waals surface area contributed by atoms with Crippen molar-refractivity contribution in [3.8, 4) is 11.1 Å². The first kappa shape index (κ1) is 18.1. The van der Waals surface area contributed by atoms with Crippen molar-refractivity contribution in [2.45, 2.75) is 13.1 Å². The predicted molar refractivity (Wildman–Crippen MR) is 90.9 cm³/mol. The van der Waals surface area contributed by atoms with Gasteiger partial charge in [-0.05, 0) is 30.2 Å². The molecular weight excluding hydrogens is 369 g/mol. The number of aromatic nitrogens is 2. The van der Waals surface area contributed by atoms with Gasteiger partial charge in [0.1, 0.15) is 5.52 Å². The first-order valence-electron chi connectivity index (χ1n) is 7.62. The number of esters is 1. The van der Waals surface area contributed by atoms with Crippen LogP contribution in [0.1, 0.15) is 23.0 Å². The summed E-state index contributed by atoms with van der Waals surface area (Å²) in [6.45, 7) is 1.60. The minimum atomic E-state index is -4.68. The molecule has 3 rings (SSSR count). The largest absolute Gasteiger partial charge is 0.461 e. The van der Waals surface area contributed by atoms with Crippen LogP contribution in [-0.4, -0.2) is 22.5 Å². The number of fused-ring (bicyclic) bond motifs is 1. The number of carbonyl (C=O) groups excluding carboxylic acids is 1. The molecule has 26 heavy (non-hydrogen) atoms. The van der Waals surface area contributed by atoms with Gasteiger partial charge in [0.25, 0.3) is 0 Å². The highest BCUT2D eigenvalue weighted by molar-refractivity contribution is 6.32.